The summed E-state index contributed by atoms with van der Waals surface area (Å²) in [6.07, 6.45) is 1.52. The summed E-state index contributed by atoms with van der Waals surface area (Å²) in [5.74, 6) is 0.110. The van der Waals surface area contributed by atoms with Gasteiger partial charge in [-0.15, -0.1) is 0 Å². The molecule has 0 aliphatic heterocycles. The van der Waals surface area contributed by atoms with E-state index >= 15 is 0 Å². The second kappa shape index (κ2) is 7.54. The van der Waals surface area contributed by atoms with Crippen molar-refractivity contribution >= 4 is 23.5 Å². The molecule has 0 heterocycles. The number of thiocarbonyl (C=S) groups is 1. The first-order valence-electron chi connectivity index (χ1n) is 5.23. The number of alkyl halides is 2. The molecule has 1 aromatic carbocycles. The van der Waals surface area contributed by atoms with E-state index in [1.165, 1.54) is 18.3 Å². The predicted octanol–water partition coefficient (Wildman–Crippen LogP) is 2.11. The first kappa shape index (κ1) is 14.3. The van der Waals surface area contributed by atoms with Gasteiger partial charge >= 0.3 is 6.61 Å². The van der Waals surface area contributed by atoms with Crippen molar-refractivity contribution in [3.63, 3.8) is 0 Å². The van der Waals surface area contributed by atoms with Gasteiger partial charge in [-0.05, 0) is 49.0 Å². The molecule has 98 valence electrons. The minimum Gasteiger partial charge on any atom is -0.435 e. The molecule has 18 heavy (non-hydrogen) atoms. The molecule has 0 aromatic heterocycles. The fourth-order valence-electron chi connectivity index (χ4n) is 1.10. The van der Waals surface area contributed by atoms with Gasteiger partial charge in [0.1, 0.15) is 5.75 Å². The summed E-state index contributed by atoms with van der Waals surface area (Å²) >= 11 is 4.90. The summed E-state index contributed by atoms with van der Waals surface area (Å²) in [5, 5.41) is 7.17. The van der Waals surface area contributed by atoms with Crippen molar-refractivity contribution in [1.29, 1.82) is 0 Å². The Morgan fingerprint density at radius 2 is 2.11 bits per heavy atom. The van der Waals surface area contributed by atoms with Gasteiger partial charge in [0.25, 0.3) is 0 Å². The van der Waals surface area contributed by atoms with E-state index in [0.717, 1.165) is 5.56 Å². The van der Waals surface area contributed by atoms with Gasteiger partial charge in [-0.1, -0.05) is 0 Å². The topological polar surface area (TPSA) is 45.7 Å². The number of nitrogens with zero attached hydrogens (tertiary/aromatic N) is 1. The van der Waals surface area contributed by atoms with Gasteiger partial charge < -0.3 is 10.1 Å². The van der Waals surface area contributed by atoms with E-state index in [0.29, 0.717) is 11.7 Å². The van der Waals surface area contributed by atoms with Gasteiger partial charge in [-0.2, -0.15) is 13.9 Å². The van der Waals surface area contributed by atoms with Gasteiger partial charge in [0.2, 0.25) is 0 Å². The van der Waals surface area contributed by atoms with Crippen LogP contribution in [0.25, 0.3) is 0 Å². The molecule has 1 aromatic rings. The summed E-state index contributed by atoms with van der Waals surface area (Å²) in [7, 11) is 0. The lowest BCUT2D eigenvalue weighted by Crippen LogP contribution is -2.31. The number of benzene rings is 1. The van der Waals surface area contributed by atoms with E-state index < -0.39 is 6.61 Å². The molecular formula is C11H13F2N3OS. The minimum absolute atomic E-state index is 0.110. The molecule has 0 radical (unpaired) electrons. The van der Waals surface area contributed by atoms with Crippen molar-refractivity contribution in [2.75, 3.05) is 6.54 Å². The largest absolute Gasteiger partial charge is 0.435 e. The lowest BCUT2D eigenvalue weighted by Gasteiger charge is -2.04. The molecule has 4 nitrogen and oxygen atoms in total. The zero-order chi connectivity index (χ0) is 13.4. The van der Waals surface area contributed by atoms with Crippen LogP contribution >= 0.6 is 12.2 Å². The van der Waals surface area contributed by atoms with Crippen molar-refractivity contribution in [3.05, 3.63) is 29.8 Å². The van der Waals surface area contributed by atoms with Crippen LogP contribution in [0, 0.1) is 0 Å². The van der Waals surface area contributed by atoms with Crippen molar-refractivity contribution in [3.8, 4) is 5.75 Å². The number of hydrazone groups is 1. The Morgan fingerprint density at radius 3 is 2.67 bits per heavy atom. The first-order valence-corrected chi connectivity index (χ1v) is 5.64. The minimum atomic E-state index is -2.82. The molecular weight excluding hydrogens is 260 g/mol. The van der Waals surface area contributed by atoms with Crippen LogP contribution in [0.4, 0.5) is 8.78 Å². The van der Waals surface area contributed by atoms with Gasteiger partial charge in [-0.25, -0.2) is 0 Å². The van der Waals surface area contributed by atoms with Crippen LogP contribution in [-0.2, 0) is 0 Å². The molecule has 0 spiro atoms. The summed E-state index contributed by atoms with van der Waals surface area (Å²) in [6, 6.07) is 6.10. The molecule has 0 saturated carbocycles. The van der Waals surface area contributed by atoms with E-state index in [9.17, 15) is 8.78 Å². The molecule has 7 heteroatoms. The fourth-order valence-corrected chi connectivity index (χ4v) is 1.30. The molecule has 2 N–H and O–H groups in total. The Balaban J connectivity index is 2.48. The van der Waals surface area contributed by atoms with Gasteiger partial charge in [-0.3, -0.25) is 5.43 Å². The van der Waals surface area contributed by atoms with E-state index in [1.807, 2.05) is 6.92 Å². The Kier molecular flexibility index (Phi) is 5.99. The highest BCUT2D eigenvalue weighted by atomic mass is 32.1. The quantitative estimate of drug-likeness (QED) is 0.490. The van der Waals surface area contributed by atoms with E-state index in [4.69, 9.17) is 12.2 Å². The Hall–Kier alpha value is -1.76. The average Bonchev–Trinajstić information content (AvgIpc) is 2.31. The monoisotopic (exact) mass is 273 g/mol. The van der Waals surface area contributed by atoms with Crippen LogP contribution in [0.5, 0.6) is 5.75 Å². The number of hydrogen-bond acceptors (Lipinski definition) is 3. The first-order chi connectivity index (χ1) is 8.61. The van der Waals surface area contributed by atoms with E-state index in [1.54, 1.807) is 12.1 Å². The number of ether oxygens (including phenoxy) is 1. The maximum absolute atomic E-state index is 11.9. The Bertz CT molecular complexity index is 409. The summed E-state index contributed by atoms with van der Waals surface area (Å²) in [4.78, 5) is 0. The molecule has 0 amide bonds. The molecule has 0 aliphatic rings. The molecule has 0 saturated heterocycles. The van der Waals surface area contributed by atoms with Crippen molar-refractivity contribution in [2.45, 2.75) is 13.5 Å². The summed E-state index contributed by atoms with van der Waals surface area (Å²) < 4.78 is 28.0. The second-order valence-corrected chi connectivity index (χ2v) is 3.59. The van der Waals surface area contributed by atoms with Crippen LogP contribution in [-0.4, -0.2) is 24.5 Å². The van der Waals surface area contributed by atoms with Crippen LogP contribution in [0.15, 0.2) is 29.4 Å². The van der Waals surface area contributed by atoms with Crippen molar-refractivity contribution in [2.24, 2.45) is 5.10 Å². The summed E-state index contributed by atoms with van der Waals surface area (Å²) in [6.45, 7) is -0.191. The predicted molar refractivity (Wildman–Crippen MR) is 70.1 cm³/mol. The zero-order valence-electron chi connectivity index (χ0n) is 9.69. The average molecular weight is 273 g/mol. The van der Waals surface area contributed by atoms with Crippen molar-refractivity contribution < 1.29 is 13.5 Å². The normalized spacial score (nSPS) is 10.7. The van der Waals surface area contributed by atoms with Crippen molar-refractivity contribution in [1.82, 2.24) is 10.7 Å². The summed E-state index contributed by atoms with van der Waals surface area (Å²) in [5.41, 5.74) is 3.36. The highest BCUT2D eigenvalue weighted by Crippen LogP contribution is 2.13. The Morgan fingerprint density at radius 1 is 1.44 bits per heavy atom. The van der Waals surface area contributed by atoms with Gasteiger partial charge in [0, 0.05) is 6.54 Å². The molecule has 0 aliphatic carbocycles. The highest BCUT2D eigenvalue weighted by molar-refractivity contribution is 7.80. The van der Waals surface area contributed by atoms with E-state index in [-0.39, 0.29) is 5.75 Å². The number of hydrogen-bond donors (Lipinski definition) is 2. The molecule has 0 atom stereocenters. The highest BCUT2D eigenvalue weighted by Gasteiger charge is 2.02. The van der Waals surface area contributed by atoms with Crippen LogP contribution < -0.4 is 15.5 Å². The third-order valence-electron chi connectivity index (χ3n) is 1.82. The van der Waals surface area contributed by atoms with E-state index in [2.05, 4.69) is 20.6 Å². The number of halogens is 2. The zero-order valence-corrected chi connectivity index (χ0v) is 10.5. The van der Waals surface area contributed by atoms with Crippen LogP contribution in [0.3, 0.4) is 0 Å². The number of nitrogens with one attached hydrogen (secondary N) is 2. The van der Waals surface area contributed by atoms with Crippen LogP contribution in [0.2, 0.25) is 0 Å². The maximum Gasteiger partial charge on any atom is 0.387 e. The third kappa shape index (κ3) is 5.53. The van der Waals surface area contributed by atoms with Gasteiger partial charge in [0.15, 0.2) is 5.11 Å². The third-order valence-corrected chi connectivity index (χ3v) is 2.06. The number of rotatable bonds is 5. The SMILES string of the molecule is CCNC(=S)NN=Cc1ccc(OC(F)F)cc1. The second-order valence-electron chi connectivity index (χ2n) is 3.18. The fraction of sp³-hybridized carbons (Fsp3) is 0.273. The molecule has 0 fully saturated rings. The molecule has 0 unspecified atom stereocenters. The standard InChI is InChI=1S/C11H13F2N3OS/c1-2-14-11(18)16-15-7-8-3-5-9(6-4-8)17-10(12)13/h3-7,10H,2H2,1H3,(H2,14,16,18). The molecule has 1 rings (SSSR count). The Labute approximate surface area is 109 Å². The lowest BCUT2D eigenvalue weighted by atomic mass is 10.2. The molecule has 0 bridgehead atoms. The smallest absolute Gasteiger partial charge is 0.387 e. The van der Waals surface area contributed by atoms with Crippen LogP contribution in [0.1, 0.15) is 12.5 Å². The van der Waals surface area contributed by atoms with Gasteiger partial charge in [0.05, 0.1) is 6.21 Å². The maximum atomic E-state index is 11.9. The lowest BCUT2D eigenvalue weighted by molar-refractivity contribution is -0.0498.